The molecule has 0 bridgehead atoms. The molecule has 0 aliphatic carbocycles. The van der Waals surface area contributed by atoms with Gasteiger partial charge >= 0.3 is 0 Å². The minimum absolute atomic E-state index is 1.28. The van der Waals surface area contributed by atoms with Gasteiger partial charge in [-0.15, -0.1) is 0 Å². The summed E-state index contributed by atoms with van der Waals surface area (Å²) in [6.07, 6.45) is 15.5. The highest BCUT2D eigenvalue weighted by molar-refractivity contribution is 4.80. The van der Waals surface area contributed by atoms with E-state index in [4.69, 9.17) is 0 Å². The van der Waals surface area contributed by atoms with E-state index in [0.29, 0.717) is 0 Å². The predicted molar refractivity (Wildman–Crippen MR) is 57.4 cm³/mol. The second-order valence-electron chi connectivity index (χ2n) is 3.46. The minimum atomic E-state index is 1.28. The Morgan fingerprint density at radius 2 is 1.25 bits per heavy atom. The smallest absolute Gasteiger partial charge is 0.0351 e. The third-order valence-corrected chi connectivity index (χ3v) is 2.12. The molecule has 0 spiro atoms. The first kappa shape index (κ1) is 11.7. The van der Waals surface area contributed by atoms with Gasteiger partial charge in [0.1, 0.15) is 0 Å². The summed E-state index contributed by atoms with van der Waals surface area (Å²) in [7, 11) is 0. The van der Waals surface area contributed by atoms with Gasteiger partial charge in [0.2, 0.25) is 0 Å². The lowest BCUT2D eigenvalue weighted by molar-refractivity contribution is 0.673. The van der Waals surface area contributed by atoms with E-state index in [9.17, 15) is 0 Å². The van der Waals surface area contributed by atoms with Gasteiger partial charge in [0.05, 0.1) is 0 Å². The van der Waals surface area contributed by atoms with Crippen LogP contribution in [0, 0.1) is 0 Å². The summed E-state index contributed by atoms with van der Waals surface area (Å²) < 4.78 is 0. The largest absolute Gasteiger partial charge is 0.0885 e. The van der Waals surface area contributed by atoms with Gasteiger partial charge in [0, 0.05) is 0 Å². The van der Waals surface area contributed by atoms with Crippen LogP contribution in [-0.4, -0.2) is 0 Å². The molecule has 0 unspecified atom stereocenters. The summed E-state index contributed by atoms with van der Waals surface area (Å²) in [4.78, 5) is 0. The van der Waals surface area contributed by atoms with Crippen molar-refractivity contribution < 1.29 is 0 Å². The zero-order valence-electron chi connectivity index (χ0n) is 8.81. The second kappa shape index (κ2) is 10.7. The monoisotopic (exact) mass is 168 g/mol. The summed E-state index contributed by atoms with van der Waals surface area (Å²) in [5.74, 6) is 0. The molecular formula is C12H24. The van der Waals surface area contributed by atoms with E-state index >= 15 is 0 Å². The van der Waals surface area contributed by atoms with Crippen molar-refractivity contribution in [2.24, 2.45) is 0 Å². The fourth-order valence-electron chi connectivity index (χ4n) is 1.25. The third kappa shape index (κ3) is 9.74. The van der Waals surface area contributed by atoms with Gasteiger partial charge in [-0.25, -0.2) is 0 Å². The molecular weight excluding hydrogens is 144 g/mol. The molecule has 0 N–H and O–H groups in total. The van der Waals surface area contributed by atoms with Crippen molar-refractivity contribution in [2.75, 3.05) is 0 Å². The minimum Gasteiger partial charge on any atom is -0.0885 e. The van der Waals surface area contributed by atoms with Crippen LogP contribution in [-0.2, 0) is 0 Å². The van der Waals surface area contributed by atoms with Crippen LogP contribution in [0.3, 0.4) is 0 Å². The van der Waals surface area contributed by atoms with Gasteiger partial charge in [0.15, 0.2) is 0 Å². The SMILES string of the molecule is CCCC/C=C\CCCCCC. The zero-order valence-corrected chi connectivity index (χ0v) is 8.81. The molecule has 0 rings (SSSR count). The lowest BCUT2D eigenvalue weighted by atomic mass is 10.1. The molecule has 0 radical (unpaired) electrons. The summed E-state index contributed by atoms with van der Waals surface area (Å²) in [6.45, 7) is 4.51. The van der Waals surface area contributed by atoms with E-state index in [1.54, 1.807) is 0 Å². The highest BCUT2D eigenvalue weighted by Gasteiger charge is 1.84. The third-order valence-electron chi connectivity index (χ3n) is 2.12. The normalized spacial score (nSPS) is 11.2. The molecule has 0 saturated carbocycles. The van der Waals surface area contributed by atoms with Crippen molar-refractivity contribution in [3.63, 3.8) is 0 Å². The molecule has 0 aliphatic rings. The van der Waals surface area contributed by atoms with Crippen LogP contribution in [0.25, 0.3) is 0 Å². The van der Waals surface area contributed by atoms with Gasteiger partial charge in [-0.2, -0.15) is 0 Å². The molecule has 0 saturated heterocycles. The first-order valence-electron chi connectivity index (χ1n) is 5.56. The van der Waals surface area contributed by atoms with Crippen LogP contribution >= 0.6 is 0 Å². The highest BCUT2D eigenvalue weighted by atomic mass is 13.9. The van der Waals surface area contributed by atoms with Crippen molar-refractivity contribution in [1.82, 2.24) is 0 Å². The number of hydrogen-bond donors (Lipinski definition) is 0. The number of allylic oxidation sites excluding steroid dienone is 2. The highest BCUT2D eigenvalue weighted by Crippen LogP contribution is 2.04. The van der Waals surface area contributed by atoms with Crippen molar-refractivity contribution >= 4 is 0 Å². The zero-order chi connectivity index (χ0) is 9.07. The van der Waals surface area contributed by atoms with Crippen molar-refractivity contribution in [3.05, 3.63) is 12.2 Å². The van der Waals surface area contributed by atoms with Crippen molar-refractivity contribution in [3.8, 4) is 0 Å². The van der Waals surface area contributed by atoms with E-state index in [2.05, 4.69) is 26.0 Å². The molecule has 0 aromatic rings. The number of unbranched alkanes of at least 4 members (excludes halogenated alkanes) is 6. The second-order valence-corrected chi connectivity index (χ2v) is 3.46. The topological polar surface area (TPSA) is 0 Å². The summed E-state index contributed by atoms with van der Waals surface area (Å²) in [6, 6.07) is 0. The number of rotatable bonds is 8. The van der Waals surface area contributed by atoms with Crippen LogP contribution < -0.4 is 0 Å². The summed E-state index contributed by atoms with van der Waals surface area (Å²) in [5.41, 5.74) is 0. The average molecular weight is 168 g/mol. The molecule has 0 nitrogen and oxygen atoms in total. The Balaban J connectivity index is 2.92. The van der Waals surface area contributed by atoms with E-state index < -0.39 is 0 Å². The summed E-state index contributed by atoms with van der Waals surface area (Å²) in [5, 5.41) is 0. The molecule has 0 heteroatoms. The Morgan fingerprint density at radius 3 is 1.83 bits per heavy atom. The van der Waals surface area contributed by atoms with Crippen LogP contribution in [0.4, 0.5) is 0 Å². The Bertz CT molecular complexity index is 92.2. The fraction of sp³-hybridized carbons (Fsp3) is 0.833. The van der Waals surface area contributed by atoms with Crippen LogP contribution in [0.2, 0.25) is 0 Å². The number of hydrogen-bond acceptors (Lipinski definition) is 0. The maximum Gasteiger partial charge on any atom is -0.0351 e. The van der Waals surface area contributed by atoms with Crippen LogP contribution in [0.15, 0.2) is 12.2 Å². The molecule has 0 fully saturated rings. The molecule has 0 aliphatic heterocycles. The van der Waals surface area contributed by atoms with Gasteiger partial charge in [-0.1, -0.05) is 58.1 Å². The van der Waals surface area contributed by atoms with Gasteiger partial charge in [-0.3, -0.25) is 0 Å². The van der Waals surface area contributed by atoms with E-state index in [1.807, 2.05) is 0 Å². The lowest BCUT2D eigenvalue weighted by Crippen LogP contribution is -1.74. The molecule has 0 amide bonds. The van der Waals surface area contributed by atoms with E-state index in [1.165, 1.54) is 51.4 Å². The Kier molecular flexibility index (Phi) is 10.5. The van der Waals surface area contributed by atoms with E-state index in [0.717, 1.165) is 0 Å². The maximum atomic E-state index is 2.35. The first-order chi connectivity index (χ1) is 5.91. The maximum absolute atomic E-state index is 2.35. The predicted octanol–water partition coefficient (Wildman–Crippen LogP) is 4.70. The lowest BCUT2D eigenvalue weighted by Gasteiger charge is -1.94. The molecule has 0 heterocycles. The Hall–Kier alpha value is -0.260. The van der Waals surface area contributed by atoms with Crippen LogP contribution in [0.1, 0.15) is 65.2 Å². The van der Waals surface area contributed by atoms with Crippen molar-refractivity contribution in [2.45, 2.75) is 65.2 Å². The Labute approximate surface area is 78.1 Å². The van der Waals surface area contributed by atoms with Gasteiger partial charge < -0.3 is 0 Å². The molecule has 0 aromatic carbocycles. The standard InChI is InChI=1S/C12H24/c1-3-5-7-9-11-12-10-8-6-4-2/h9,11H,3-8,10,12H2,1-2H3/b11-9-. The van der Waals surface area contributed by atoms with Gasteiger partial charge in [-0.05, 0) is 19.3 Å². The van der Waals surface area contributed by atoms with Crippen molar-refractivity contribution in [1.29, 1.82) is 0 Å². The summed E-state index contributed by atoms with van der Waals surface area (Å²) >= 11 is 0. The van der Waals surface area contributed by atoms with E-state index in [-0.39, 0.29) is 0 Å². The van der Waals surface area contributed by atoms with Gasteiger partial charge in [0.25, 0.3) is 0 Å². The molecule has 72 valence electrons. The quantitative estimate of drug-likeness (QED) is 0.364. The molecule has 0 aromatic heterocycles. The molecule has 12 heavy (non-hydrogen) atoms. The Morgan fingerprint density at radius 1 is 0.667 bits per heavy atom. The van der Waals surface area contributed by atoms with Crippen LogP contribution in [0.5, 0.6) is 0 Å². The molecule has 0 atom stereocenters. The average Bonchev–Trinajstić information content (AvgIpc) is 2.10. The fourth-order valence-corrected chi connectivity index (χ4v) is 1.25. The first-order valence-corrected chi connectivity index (χ1v) is 5.56.